The van der Waals surface area contributed by atoms with E-state index in [1.54, 1.807) is 12.1 Å². The number of carbonyl (C=O) groups excluding carboxylic acids is 2. The summed E-state index contributed by atoms with van der Waals surface area (Å²) in [6.45, 7) is 1.24. The highest BCUT2D eigenvalue weighted by molar-refractivity contribution is 7.18. The van der Waals surface area contributed by atoms with Crippen molar-refractivity contribution in [1.82, 2.24) is 5.06 Å². The van der Waals surface area contributed by atoms with E-state index in [1.807, 2.05) is 0 Å². The van der Waals surface area contributed by atoms with Crippen molar-refractivity contribution >= 4 is 28.2 Å². The molecule has 5 nitrogen and oxygen atoms in total. The molecule has 1 aromatic heterocycles. The van der Waals surface area contributed by atoms with Crippen LogP contribution in [0.5, 0.6) is 0 Å². The van der Waals surface area contributed by atoms with Crippen molar-refractivity contribution in [3.8, 4) is 0 Å². The van der Waals surface area contributed by atoms with Crippen LogP contribution in [0.3, 0.4) is 0 Å². The zero-order chi connectivity index (χ0) is 12.5. The van der Waals surface area contributed by atoms with Gasteiger partial charge < -0.3 is 5.32 Å². The molecule has 0 radical (unpaired) electrons. The van der Waals surface area contributed by atoms with Gasteiger partial charge in [0.25, 0.3) is 5.91 Å². The molecule has 1 saturated carbocycles. The number of amides is 2. The number of hydrogen-bond acceptors (Lipinski definition) is 4. The van der Waals surface area contributed by atoms with Crippen molar-refractivity contribution < 1.29 is 14.4 Å². The minimum atomic E-state index is -0.121. The zero-order valence-electron chi connectivity index (χ0n) is 9.85. The lowest BCUT2D eigenvalue weighted by molar-refractivity contribution is -0.117. The Labute approximate surface area is 109 Å². The van der Waals surface area contributed by atoms with E-state index in [4.69, 9.17) is 4.84 Å². The largest absolute Gasteiger partial charge is 0.317 e. The minimum Gasteiger partial charge on any atom is -0.317 e. The lowest BCUT2D eigenvalue weighted by atomic mass is 10.4. The van der Waals surface area contributed by atoms with Gasteiger partial charge >= 0.3 is 0 Å². The van der Waals surface area contributed by atoms with Crippen LogP contribution in [0.1, 0.15) is 28.9 Å². The van der Waals surface area contributed by atoms with Crippen LogP contribution in [0.4, 0.5) is 5.00 Å². The Morgan fingerprint density at radius 2 is 2.22 bits per heavy atom. The Bertz CT molecular complexity index is 475. The molecule has 0 unspecified atom stereocenters. The molecule has 96 valence electrons. The molecule has 0 bridgehead atoms. The lowest BCUT2D eigenvalue weighted by Gasteiger charge is -2.11. The van der Waals surface area contributed by atoms with Crippen LogP contribution in [0.15, 0.2) is 12.1 Å². The van der Waals surface area contributed by atoms with E-state index in [2.05, 4.69) is 5.32 Å². The summed E-state index contributed by atoms with van der Waals surface area (Å²) in [6, 6.07) is 3.51. The van der Waals surface area contributed by atoms with Crippen LogP contribution in [0.2, 0.25) is 0 Å². The standard InChI is InChI=1S/C12H14N2O3S/c15-11(8-2-3-8)13-10-5-4-9(18-10)12(16)14-6-1-7-17-14/h4-5,8H,1-3,6-7H2,(H,13,15). The summed E-state index contributed by atoms with van der Waals surface area (Å²) in [6.07, 6.45) is 2.83. The quantitative estimate of drug-likeness (QED) is 0.908. The first-order valence-electron chi connectivity index (χ1n) is 6.09. The van der Waals surface area contributed by atoms with Gasteiger partial charge in [-0.3, -0.25) is 14.4 Å². The summed E-state index contributed by atoms with van der Waals surface area (Å²) in [5, 5.41) is 4.96. The van der Waals surface area contributed by atoms with Crippen LogP contribution in [-0.2, 0) is 9.63 Å². The highest BCUT2D eigenvalue weighted by atomic mass is 32.1. The molecule has 6 heteroatoms. The fourth-order valence-electron chi connectivity index (χ4n) is 1.82. The van der Waals surface area contributed by atoms with Crippen molar-refractivity contribution in [2.75, 3.05) is 18.5 Å². The number of hydrogen-bond donors (Lipinski definition) is 1. The van der Waals surface area contributed by atoms with E-state index in [0.717, 1.165) is 24.3 Å². The molecule has 1 aliphatic carbocycles. The average molecular weight is 266 g/mol. The van der Waals surface area contributed by atoms with Gasteiger partial charge in [-0.15, -0.1) is 11.3 Å². The van der Waals surface area contributed by atoms with Crippen LogP contribution < -0.4 is 5.32 Å². The molecule has 0 spiro atoms. The summed E-state index contributed by atoms with van der Waals surface area (Å²) in [5.74, 6) is 0.117. The molecule has 1 aromatic rings. The molecule has 2 amide bonds. The first-order valence-corrected chi connectivity index (χ1v) is 6.91. The van der Waals surface area contributed by atoms with Crippen molar-refractivity contribution in [1.29, 1.82) is 0 Å². The second-order valence-electron chi connectivity index (χ2n) is 4.52. The minimum absolute atomic E-state index is 0.0632. The summed E-state index contributed by atoms with van der Waals surface area (Å²) < 4.78 is 0. The van der Waals surface area contributed by atoms with Gasteiger partial charge in [-0.25, -0.2) is 5.06 Å². The normalized spacial score (nSPS) is 19.0. The maximum Gasteiger partial charge on any atom is 0.287 e. The predicted octanol–water partition coefficient (Wildman–Crippen LogP) is 1.87. The number of thiophene rings is 1. The van der Waals surface area contributed by atoms with E-state index in [-0.39, 0.29) is 17.7 Å². The molecule has 1 saturated heterocycles. The number of nitrogens with zero attached hydrogens (tertiary/aromatic N) is 1. The van der Waals surface area contributed by atoms with Crippen molar-refractivity contribution in [2.45, 2.75) is 19.3 Å². The lowest BCUT2D eigenvalue weighted by Crippen LogP contribution is -2.25. The van der Waals surface area contributed by atoms with Gasteiger partial charge in [-0.1, -0.05) is 0 Å². The number of rotatable bonds is 3. The van der Waals surface area contributed by atoms with Crippen LogP contribution in [-0.4, -0.2) is 30.0 Å². The third kappa shape index (κ3) is 2.39. The Hall–Kier alpha value is -1.40. The summed E-state index contributed by atoms with van der Waals surface area (Å²) in [5.41, 5.74) is 0. The van der Waals surface area contributed by atoms with Crippen LogP contribution >= 0.6 is 11.3 Å². The summed E-state index contributed by atoms with van der Waals surface area (Å²) in [7, 11) is 0. The fourth-order valence-corrected chi connectivity index (χ4v) is 2.67. The molecule has 0 aromatic carbocycles. The molecule has 18 heavy (non-hydrogen) atoms. The molecular weight excluding hydrogens is 252 g/mol. The van der Waals surface area contributed by atoms with E-state index < -0.39 is 0 Å². The highest BCUT2D eigenvalue weighted by Gasteiger charge is 2.30. The third-order valence-electron chi connectivity index (χ3n) is 2.99. The Morgan fingerprint density at radius 1 is 1.39 bits per heavy atom. The fraction of sp³-hybridized carbons (Fsp3) is 0.500. The van der Waals surface area contributed by atoms with Gasteiger partial charge in [-0.05, 0) is 31.4 Å². The first-order chi connectivity index (χ1) is 8.74. The molecule has 1 aliphatic heterocycles. The maximum atomic E-state index is 12.0. The molecule has 0 atom stereocenters. The monoisotopic (exact) mass is 266 g/mol. The van der Waals surface area contributed by atoms with Crippen LogP contribution in [0, 0.1) is 5.92 Å². The predicted molar refractivity (Wildman–Crippen MR) is 67.3 cm³/mol. The SMILES string of the molecule is O=C(Nc1ccc(C(=O)N2CCCO2)s1)C1CC1. The number of nitrogens with one attached hydrogen (secondary N) is 1. The second-order valence-corrected chi connectivity index (χ2v) is 5.61. The molecule has 1 N–H and O–H groups in total. The Balaban J connectivity index is 1.64. The summed E-state index contributed by atoms with van der Waals surface area (Å²) >= 11 is 1.30. The molecule has 3 rings (SSSR count). The molecule has 2 fully saturated rings. The first kappa shape index (κ1) is 11.7. The molecule has 2 heterocycles. The third-order valence-corrected chi connectivity index (χ3v) is 3.98. The van der Waals surface area contributed by atoms with Gasteiger partial charge in [-0.2, -0.15) is 0 Å². The number of anilines is 1. The number of hydroxylamine groups is 2. The highest BCUT2D eigenvalue weighted by Crippen LogP contribution is 2.32. The van der Waals surface area contributed by atoms with Gasteiger partial charge in [0.15, 0.2) is 0 Å². The van der Waals surface area contributed by atoms with Crippen LogP contribution in [0.25, 0.3) is 0 Å². The van der Waals surface area contributed by atoms with Crippen molar-refractivity contribution in [3.63, 3.8) is 0 Å². The molecule has 2 aliphatic rings. The van der Waals surface area contributed by atoms with E-state index in [0.29, 0.717) is 18.0 Å². The van der Waals surface area contributed by atoms with E-state index in [1.165, 1.54) is 16.4 Å². The Kier molecular flexibility index (Phi) is 3.05. The summed E-state index contributed by atoms with van der Waals surface area (Å²) in [4.78, 5) is 29.4. The average Bonchev–Trinajstić information content (AvgIpc) is 2.90. The van der Waals surface area contributed by atoms with Gasteiger partial charge in [0.2, 0.25) is 5.91 Å². The number of carbonyl (C=O) groups is 2. The van der Waals surface area contributed by atoms with E-state index in [9.17, 15) is 9.59 Å². The van der Waals surface area contributed by atoms with Crippen molar-refractivity contribution in [2.24, 2.45) is 5.92 Å². The van der Waals surface area contributed by atoms with Gasteiger partial charge in [0.1, 0.15) is 0 Å². The second kappa shape index (κ2) is 4.70. The Morgan fingerprint density at radius 3 is 2.89 bits per heavy atom. The zero-order valence-corrected chi connectivity index (χ0v) is 10.7. The maximum absolute atomic E-state index is 12.0. The molecular formula is C12H14N2O3S. The van der Waals surface area contributed by atoms with E-state index >= 15 is 0 Å². The smallest absolute Gasteiger partial charge is 0.287 e. The van der Waals surface area contributed by atoms with Crippen molar-refractivity contribution in [3.05, 3.63) is 17.0 Å². The van der Waals surface area contributed by atoms with Gasteiger partial charge in [0.05, 0.1) is 23.0 Å². The topological polar surface area (TPSA) is 58.6 Å². The van der Waals surface area contributed by atoms with Gasteiger partial charge in [0, 0.05) is 5.92 Å².